The van der Waals surface area contributed by atoms with Crippen LogP contribution >= 0.6 is 0 Å². The minimum atomic E-state index is 0.0189. The molecule has 0 N–H and O–H groups in total. The predicted octanol–water partition coefficient (Wildman–Crippen LogP) is 2.56. The van der Waals surface area contributed by atoms with E-state index in [-0.39, 0.29) is 5.56 Å². The van der Waals surface area contributed by atoms with Crippen molar-refractivity contribution in [3.63, 3.8) is 0 Å². The van der Waals surface area contributed by atoms with Crippen molar-refractivity contribution in [1.82, 2.24) is 4.57 Å². The molecule has 0 amide bonds. The predicted molar refractivity (Wildman–Crippen MR) is 79.2 cm³/mol. The molecule has 0 aliphatic rings. The van der Waals surface area contributed by atoms with Crippen LogP contribution in [0.5, 0.6) is 5.75 Å². The van der Waals surface area contributed by atoms with Crippen molar-refractivity contribution in [1.29, 1.82) is 0 Å². The van der Waals surface area contributed by atoms with Crippen molar-refractivity contribution in [3.8, 4) is 17.0 Å². The molecule has 0 atom stereocenters. The summed E-state index contributed by atoms with van der Waals surface area (Å²) >= 11 is 0. The molecular weight excluding hydrogens is 254 g/mol. The Morgan fingerprint density at radius 2 is 1.80 bits per heavy atom. The number of hydrogen-bond acceptors (Lipinski definition) is 3. The molecule has 0 aliphatic carbocycles. The van der Waals surface area contributed by atoms with E-state index in [0.29, 0.717) is 19.8 Å². The standard InChI is InChI=1S/C16H19NO3/c1-3-17-15(5-4-6-16(17)18)13-7-9-14(10-8-13)20-12-11-19-2/h4-10H,3,11-12H2,1-2H3. The summed E-state index contributed by atoms with van der Waals surface area (Å²) in [5.74, 6) is 0.798. The third-order valence-electron chi connectivity index (χ3n) is 3.07. The van der Waals surface area contributed by atoms with Crippen LogP contribution in [0, 0.1) is 0 Å². The van der Waals surface area contributed by atoms with Gasteiger partial charge in [0, 0.05) is 19.7 Å². The smallest absolute Gasteiger partial charge is 0.250 e. The van der Waals surface area contributed by atoms with Crippen molar-refractivity contribution in [3.05, 3.63) is 52.8 Å². The van der Waals surface area contributed by atoms with E-state index in [2.05, 4.69) is 0 Å². The van der Waals surface area contributed by atoms with Gasteiger partial charge in [-0.15, -0.1) is 0 Å². The molecule has 106 valence electrons. The summed E-state index contributed by atoms with van der Waals surface area (Å²) in [7, 11) is 1.64. The number of benzene rings is 1. The first kappa shape index (κ1) is 14.3. The van der Waals surface area contributed by atoms with Gasteiger partial charge < -0.3 is 14.0 Å². The highest BCUT2D eigenvalue weighted by atomic mass is 16.5. The van der Waals surface area contributed by atoms with Gasteiger partial charge in [0.25, 0.3) is 5.56 Å². The second-order valence-corrected chi connectivity index (χ2v) is 4.36. The monoisotopic (exact) mass is 273 g/mol. The lowest BCUT2D eigenvalue weighted by atomic mass is 10.1. The SMILES string of the molecule is CCn1c(-c2ccc(OCCOC)cc2)cccc1=O. The molecular formula is C16H19NO3. The lowest BCUT2D eigenvalue weighted by molar-refractivity contribution is 0.146. The largest absolute Gasteiger partial charge is 0.491 e. The molecule has 0 bridgehead atoms. The van der Waals surface area contributed by atoms with Gasteiger partial charge in [0.15, 0.2) is 0 Å². The molecule has 0 aliphatic heterocycles. The fraction of sp³-hybridized carbons (Fsp3) is 0.312. The van der Waals surface area contributed by atoms with Crippen molar-refractivity contribution in [2.45, 2.75) is 13.5 Å². The van der Waals surface area contributed by atoms with Crippen molar-refractivity contribution in [2.75, 3.05) is 20.3 Å². The van der Waals surface area contributed by atoms with Gasteiger partial charge in [0.2, 0.25) is 0 Å². The van der Waals surface area contributed by atoms with E-state index in [0.717, 1.165) is 17.0 Å². The Labute approximate surface area is 118 Å². The molecule has 0 spiro atoms. The van der Waals surface area contributed by atoms with Crippen molar-refractivity contribution >= 4 is 0 Å². The summed E-state index contributed by atoms with van der Waals surface area (Å²) in [5.41, 5.74) is 1.94. The van der Waals surface area contributed by atoms with Crippen LogP contribution in [-0.2, 0) is 11.3 Å². The van der Waals surface area contributed by atoms with E-state index in [1.807, 2.05) is 37.3 Å². The molecule has 4 heteroatoms. The third-order valence-corrected chi connectivity index (χ3v) is 3.07. The van der Waals surface area contributed by atoms with Crippen molar-refractivity contribution in [2.24, 2.45) is 0 Å². The second kappa shape index (κ2) is 6.91. The van der Waals surface area contributed by atoms with Gasteiger partial charge in [-0.05, 0) is 42.8 Å². The van der Waals surface area contributed by atoms with Gasteiger partial charge >= 0.3 is 0 Å². The number of hydrogen-bond donors (Lipinski definition) is 0. The highest BCUT2D eigenvalue weighted by Gasteiger charge is 2.04. The number of methoxy groups -OCH3 is 1. The topological polar surface area (TPSA) is 40.5 Å². The average molecular weight is 273 g/mol. The molecule has 1 heterocycles. The number of nitrogens with zero attached hydrogens (tertiary/aromatic N) is 1. The second-order valence-electron chi connectivity index (χ2n) is 4.36. The summed E-state index contributed by atoms with van der Waals surface area (Å²) in [6.07, 6.45) is 0. The number of rotatable bonds is 6. The molecule has 2 aromatic rings. The molecule has 1 aromatic heterocycles. The zero-order chi connectivity index (χ0) is 14.4. The van der Waals surface area contributed by atoms with E-state index in [1.54, 1.807) is 23.8 Å². The highest BCUT2D eigenvalue weighted by Crippen LogP contribution is 2.21. The van der Waals surface area contributed by atoms with E-state index in [1.165, 1.54) is 0 Å². The Balaban J connectivity index is 2.22. The maximum absolute atomic E-state index is 11.8. The fourth-order valence-electron chi connectivity index (χ4n) is 2.06. The molecule has 4 nitrogen and oxygen atoms in total. The quantitative estimate of drug-likeness (QED) is 0.759. The molecule has 0 radical (unpaired) electrons. The number of aromatic nitrogens is 1. The van der Waals surface area contributed by atoms with Gasteiger partial charge in [0.1, 0.15) is 12.4 Å². The number of pyridine rings is 1. The molecule has 0 saturated heterocycles. The Kier molecular flexibility index (Phi) is 4.96. The molecule has 2 rings (SSSR count). The average Bonchev–Trinajstić information content (AvgIpc) is 2.48. The van der Waals surface area contributed by atoms with Crippen LogP contribution < -0.4 is 10.3 Å². The van der Waals surface area contributed by atoms with Gasteiger partial charge in [0.05, 0.1) is 12.3 Å². The maximum atomic E-state index is 11.8. The molecule has 0 unspecified atom stereocenters. The lowest BCUT2D eigenvalue weighted by Gasteiger charge is -2.11. The molecule has 0 fully saturated rings. The normalized spacial score (nSPS) is 10.5. The maximum Gasteiger partial charge on any atom is 0.250 e. The van der Waals surface area contributed by atoms with Crippen LogP contribution in [0.1, 0.15) is 6.92 Å². The lowest BCUT2D eigenvalue weighted by Crippen LogP contribution is -2.19. The summed E-state index contributed by atoms with van der Waals surface area (Å²) < 4.78 is 12.2. The van der Waals surface area contributed by atoms with Crippen LogP contribution in [0.15, 0.2) is 47.3 Å². The van der Waals surface area contributed by atoms with Gasteiger partial charge in [-0.2, -0.15) is 0 Å². The van der Waals surface area contributed by atoms with Crippen LogP contribution in [0.3, 0.4) is 0 Å². The van der Waals surface area contributed by atoms with E-state index >= 15 is 0 Å². The summed E-state index contributed by atoms with van der Waals surface area (Å²) in [5, 5.41) is 0. The highest BCUT2D eigenvalue weighted by molar-refractivity contribution is 5.60. The van der Waals surface area contributed by atoms with E-state index < -0.39 is 0 Å². The van der Waals surface area contributed by atoms with Gasteiger partial charge in [-0.3, -0.25) is 4.79 Å². The van der Waals surface area contributed by atoms with E-state index in [4.69, 9.17) is 9.47 Å². The van der Waals surface area contributed by atoms with E-state index in [9.17, 15) is 4.79 Å². The van der Waals surface area contributed by atoms with Crippen LogP contribution in [0.2, 0.25) is 0 Å². The zero-order valence-corrected chi connectivity index (χ0v) is 11.8. The molecule has 1 aromatic carbocycles. The summed E-state index contributed by atoms with van der Waals surface area (Å²) in [6, 6.07) is 13.0. The van der Waals surface area contributed by atoms with Gasteiger partial charge in [-0.25, -0.2) is 0 Å². The summed E-state index contributed by atoms with van der Waals surface area (Å²) in [4.78, 5) is 11.8. The fourth-order valence-corrected chi connectivity index (χ4v) is 2.06. The first-order valence-corrected chi connectivity index (χ1v) is 6.68. The van der Waals surface area contributed by atoms with Gasteiger partial charge in [-0.1, -0.05) is 6.07 Å². The first-order valence-electron chi connectivity index (χ1n) is 6.68. The van der Waals surface area contributed by atoms with Crippen LogP contribution in [-0.4, -0.2) is 24.9 Å². The zero-order valence-electron chi connectivity index (χ0n) is 11.8. The summed E-state index contributed by atoms with van der Waals surface area (Å²) in [6.45, 7) is 3.71. The van der Waals surface area contributed by atoms with Crippen LogP contribution in [0.25, 0.3) is 11.3 Å². The minimum absolute atomic E-state index is 0.0189. The van der Waals surface area contributed by atoms with Crippen LogP contribution in [0.4, 0.5) is 0 Å². The van der Waals surface area contributed by atoms with Crippen molar-refractivity contribution < 1.29 is 9.47 Å². The Hall–Kier alpha value is -2.07. The Bertz CT molecular complexity index is 602. The minimum Gasteiger partial charge on any atom is -0.491 e. The Morgan fingerprint density at radius 1 is 1.05 bits per heavy atom. The third kappa shape index (κ3) is 3.27. The first-order chi connectivity index (χ1) is 9.76. The Morgan fingerprint density at radius 3 is 2.45 bits per heavy atom. The molecule has 0 saturated carbocycles. The number of ether oxygens (including phenoxy) is 2. The molecule has 20 heavy (non-hydrogen) atoms.